The lowest BCUT2D eigenvalue weighted by atomic mass is 10.2. The van der Waals surface area contributed by atoms with Crippen LogP contribution in [-0.2, 0) is 6.42 Å². The van der Waals surface area contributed by atoms with Crippen LogP contribution in [0.5, 0.6) is 0 Å². The molecule has 0 spiro atoms. The Morgan fingerprint density at radius 2 is 2.29 bits per heavy atom. The summed E-state index contributed by atoms with van der Waals surface area (Å²) < 4.78 is 0. The van der Waals surface area contributed by atoms with E-state index in [1.165, 1.54) is 5.69 Å². The van der Waals surface area contributed by atoms with Gasteiger partial charge in [-0.3, -0.25) is 4.98 Å². The topological polar surface area (TPSA) is 37.8 Å². The average molecular weight is 247 g/mol. The predicted octanol–water partition coefficient (Wildman–Crippen LogP) is 2.74. The van der Waals surface area contributed by atoms with Crippen molar-refractivity contribution < 1.29 is 0 Å². The number of pyridine rings is 1. The highest BCUT2D eigenvalue weighted by Gasteiger charge is 2.05. The minimum atomic E-state index is 0.288. The largest absolute Gasteiger partial charge is 0.308 e. The second-order valence-electron chi connectivity index (χ2n) is 4.04. The molecule has 2 aromatic heterocycles. The van der Waals surface area contributed by atoms with Gasteiger partial charge in [0.1, 0.15) is 0 Å². The molecule has 0 saturated heterocycles. The van der Waals surface area contributed by atoms with Gasteiger partial charge in [-0.1, -0.05) is 6.07 Å². The minimum absolute atomic E-state index is 0.288. The molecule has 0 radical (unpaired) electrons. The van der Waals surface area contributed by atoms with E-state index in [2.05, 4.69) is 27.6 Å². The summed E-state index contributed by atoms with van der Waals surface area (Å²) >= 11 is 1.71. The number of aromatic nitrogens is 2. The predicted molar refractivity (Wildman–Crippen MR) is 71.2 cm³/mol. The van der Waals surface area contributed by atoms with E-state index in [-0.39, 0.29) is 6.04 Å². The molecule has 0 aliphatic rings. The SMILES string of the molecule is Cc1nc(CCNC(C)c2ccccn2)cs1. The molecular formula is C13H17N3S. The Balaban J connectivity index is 1.79. The molecule has 1 unspecified atom stereocenters. The van der Waals surface area contributed by atoms with Gasteiger partial charge in [-0.05, 0) is 26.0 Å². The van der Waals surface area contributed by atoms with Gasteiger partial charge in [-0.25, -0.2) is 4.98 Å². The molecule has 0 saturated carbocycles. The molecule has 0 aromatic carbocycles. The number of hydrogen-bond acceptors (Lipinski definition) is 4. The van der Waals surface area contributed by atoms with Gasteiger partial charge in [0.05, 0.1) is 16.4 Å². The monoisotopic (exact) mass is 247 g/mol. The van der Waals surface area contributed by atoms with Gasteiger partial charge in [0.25, 0.3) is 0 Å². The number of nitrogens with zero attached hydrogens (tertiary/aromatic N) is 2. The van der Waals surface area contributed by atoms with E-state index >= 15 is 0 Å². The van der Waals surface area contributed by atoms with Gasteiger partial charge in [-0.2, -0.15) is 0 Å². The molecule has 0 fully saturated rings. The second kappa shape index (κ2) is 5.89. The molecule has 0 aliphatic carbocycles. The number of hydrogen-bond donors (Lipinski definition) is 1. The summed E-state index contributed by atoms with van der Waals surface area (Å²) in [6, 6.07) is 6.29. The van der Waals surface area contributed by atoms with Crippen molar-refractivity contribution in [1.82, 2.24) is 15.3 Å². The summed E-state index contributed by atoms with van der Waals surface area (Å²) in [5, 5.41) is 6.72. The molecule has 2 heterocycles. The third-order valence-corrected chi connectivity index (χ3v) is 3.45. The molecule has 0 amide bonds. The van der Waals surface area contributed by atoms with Crippen molar-refractivity contribution in [3.63, 3.8) is 0 Å². The lowest BCUT2D eigenvalue weighted by Gasteiger charge is -2.12. The lowest BCUT2D eigenvalue weighted by Crippen LogP contribution is -2.22. The first-order chi connectivity index (χ1) is 8.25. The van der Waals surface area contributed by atoms with E-state index in [9.17, 15) is 0 Å². The van der Waals surface area contributed by atoms with E-state index in [4.69, 9.17) is 0 Å². The number of thiazole rings is 1. The van der Waals surface area contributed by atoms with Crippen molar-refractivity contribution in [1.29, 1.82) is 0 Å². The van der Waals surface area contributed by atoms with Crippen LogP contribution in [0.25, 0.3) is 0 Å². The zero-order chi connectivity index (χ0) is 12.1. The van der Waals surface area contributed by atoms with Crippen LogP contribution in [0.1, 0.15) is 29.4 Å². The fourth-order valence-electron chi connectivity index (χ4n) is 1.68. The van der Waals surface area contributed by atoms with Gasteiger partial charge < -0.3 is 5.32 Å². The molecular weight excluding hydrogens is 230 g/mol. The first kappa shape index (κ1) is 12.2. The van der Waals surface area contributed by atoms with E-state index in [1.807, 2.05) is 31.3 Å². The maximum atomic E-state index is 4.44. The van der Waals surface area contributed by atoms with Gasteiger partial charge in [0, 0.05) is 30.6 Å². The molecule has 2 rings (SSSR count). The van der Waals surface area contributed by atoms with Crippen molar-refractivity contribution in [2.45, 2.75) is 26.3 Å². The van der Waals surface area contributed by atoms with Crippen molar-refractivity contribution in [2.24, 2.45) is 0 Å². The van der Waals surface area contributed by atoms with Gasteiger partial charge >= 0.3 is 0 Å². The van der Waals surface area contributed by atoms with Crippen LogP contribution >= 0.6 is 11.3 Å². The van der Waals surface area contributed by atoms with Crippen LogP contribution in [-0.4, -0.2) is 16.5 Å². The van der Waals surface area contributed by atoms with Gasteiger partial charge in [-0.15, -0.1) is 11.3 Å². The summed E-state index contributed by atoms with van der Waals surface area (Å²) in [7, 11) is 0. The Labute approximate surface area is 106 Å². The fourth-order valence-corrected chi connectivity index (χ4v) is 2.32. The third kappa shape index (κ3) is 3.61. The maximum Gasteiger partial charge on any atom is 0.0897 e. The average Bonchev–Trinajstić information content (AvgIpc) is 2.76. The molecule has 4 heteroatoms. The smallest absolute Gasteiger partial charge is 0.0897 e. The Morgan fingerprint density at radius 1 is 1.41 bits per heavy atom. The normalized spacial score (nSPS) is 12.6. The Hall–Kier alpha value is -1.26. The van der Waals surface area contributed by atoms with Crippen LogP contribution in [0.4, 0.5) is 0 Å². The van der Waals surface area contributed by atoms with Crippen LogP contribution in [0.2, 0.25) is 0 Å². The molecule has 1 atom stereocenters. The lowest BCUT2D eigenvalue weighted by molar-refractivity contribution is 0.562. The first-order valence-corrected chi connectivity index (χ1v) is 6.69. The van der Waals surface area contributed by atoms with Gasteiger partial charge in [0.15, 0.2) is 0 Å². The van der Waals surface area contributed by atoms with E-state index in [1.54, 1.807) is 11.3 Å². The summed E-state index contributed by atoms with van der Waals surface area (Å²) in [4.78, 5) is 8.78. The highest BCUT2D eigenvalue weighted by atomic mass is 32.1. The molecule has 1 N–H and O–H groups in total. The van der Waals surface area contributed by atoms with Crippen LogP contribution < -0.4 is 5.32 Å². The van der Waals surface area contributed by atoms with Crippen molar-refractivity contribution in [3.05, 3.63) is 46.2 Å². The second-order valence-corrected chi connectivity index (χ2v) is 5.10. The standard InChI is InChI=1S/C13H17N3S/c1-10(13-5-3-4-7-15-13)14-8-6-12-9-17-11(2)16-12/h3-5,7,9-10,14H,6,8H2,1-2H3. The van der Waals surface area contributed by atoms with E-state index in [0.717, 1.165) is 23.7 Å². The number of rotatable bonds is 5. The molecule has 3 nitrogen and oxygen atoms in total. The zero-order valence-electron chi connectivity index (χ0n) is 10.2. The molecule has 2 aromatic rings. The molecule has 90 valence electrons. The zero-order valence-corrected chi connectivity index (χ0v) is 11.0. The molecule has 0 aliphatic heterocycles. The van der Waals surface area contributed by atoms with Crippen LogP contribution in [0, 0.1) is 6.92 Å². The van der Waals surface area contributed by atoms with Crippen LogP contribution in [0.3, 0.4) is 0 Å². The van der Waals surface area contributed by atoms with Crippen molar-refractivity contribution >= 4 is 11.3 Å². The maximum absolute atomic E-state index is 4.44. The fraction of sp³-hybridized carbons (Fsp3) is 0.385. The Morgan fingerprint density at radius 3 is 2.94 bits per heavy atom. The first-order valence-electron chi connectivity index (χ1n) is 5.81. The quantitative estimate of drug-likeness (QED) is 0.883. The van der Waals surface area contributed by atoms with Crippen molar-refractivity contribution in [3.8, 4) is 0 Å². The van der Waals surface area contributed by atoms with Gasteiger partial charge in [0.2, 0.25) is 0 Å². The number of aryl methyl sites for hydroxylation is 1. The summed E-state index contributed by atoms with van der Waals surface area (Å²) in [6.45, 7) is 5.10. The highest BCUT2D eigenvalue weighted by Crippen LogP contribution is 2.10. The van der Waals surface area contributed by atoms with Crippen LogP contribution in [0.15, 0.2) is 29.8 Å². The highest BCUT2D eigenvalue weighted by molar-refractivity contribution is 7.09. The summed E-state index contributed by atoms with van der Waals surface area (Å²) in [6.07, 6.45) is 2.80. The Kier molecular flexibility index (Phi) is 4.23. The summed E-state index contributed by atoms with van der Waals surface area (Å²) in [5.74, 6) is 0. The van der Waals surface area contributed by atoms with E-state index in [0.29, 0.717) is 0 Å². The minimum Gasteiger partial charge on any atom is -0.308 e. The number of nitrogens with one attached hydrogen (secondary N) is 1. The third-order valence-electron chi connectivity index (χ3n) is 2.63. The summed E-state index contributed by atoms with van der Waals surface area (Å²) in [5.41, 5.74) is 2.26. The van der Waals surface area contributed by atoms with E-state index < -0.39 is 0 Å². The van der Waals surface area contributed by atoms with Crippen molar-refractivity contribution in [2.75, 3.05) is 6.54 Å². The molecule has 17 heavy (non-hydrogen) atoms. The Bertz CT molecular complexity index is 453. The molecule has 0 bridgehead atoms.